The highest BCUT2D eigenvalue weighted by atomic mass is 16.5. The third kappa shape index (κ3) is 2.98. The van der Waals surface area contributed by atoms with E-state index >= 15 is 0 Å². The molecule has 0 radical (unpaired) electrons. The van der Waals surface area contributed by atoms with E-state index in [9.17, 15) is 19.5 Å². The predicted octanol–water partition coefficient (Wildman–Crippen LogP) is 2.22. The van der Waals surface area contributed by atoms with Crippen LogP contribution in [0.2, 0.25) is 0 Å². The van der Waals surface area contributed by atoms with Crippen LogP contribution in [0.25, 0.3) is 0 Å². The minimum atomic E-state index is -1.05. The molecule has 0 spiro atoms. The number of fused-ring (bicyclic) bond motifs is 1. The van der Waals surface area contributed by atoms with Crippen molar-refractivity contribution in [2.45, 2.75) is 12.0 Å². The number of carbonyl (C=O) groups is 3. The summed E-state index contributed by atoms with van der Waals surface area (Å²) in [5, 5.41) is 9.86. The summed E-state index contributed by atoms with van der Waals surface area (Å²) in [6.45, 7) is -0.312. The van der Waals surface area contributed by atoms with Crippen molar-refractivity contribution >= 4 is 17.8 Å². The van der Waals surface area contributed by atoms with Gasteiger partial charge in [-0.05, 0) is 17.2 Å². The van der Waals surface area contributed by atoms with Gasteiger partial charge < -0.3 is 14.7 Å². The topological polar surface area (TPSA) is 83.9 Å². The fourth-order valence-corrected chi connectivity index (χ4v) is 3.26. The molecule has 1 N–H and O–H groups in total. The predicted molar refractivity (Wildman–Crippen MR) is 89.1 cm³/mol. The fourth-order valence-electron chi connectivity index (χ4n) is 3.26. The SMILES string of the molecule is COC(=O)CN1C(=O)c2ccccc2[C@@H](C(=O)O)[C@@H]1c1ccccc1. The van der Waals surface area contributed by atoms with E-state index in [0.29, 0.717) is 16.7 Å². The summed E-state index contributed by atoms with van der Waals surface area (Å²) in [6.07, 6.45) is 0. The molecule has 2 atom stereocenters. The summed E-state index contributed by atoms with van der Waals surface area (Å²) in [5.74, 6) is -3.00. The molecule has 1 heterocycles. The number of carboxylic acid groups (broad SMARTS) is 1. The number of nitrogens with zero attached hydrogens (tertiary/aromatic N) is 1. The Bertz CT molecular complexity index is 818. The number of amides is 1. The lowest BCUT2D eigenvalue weighted by Gasteiger charge is -2.40. The Morgan fingerprint density at radius 1 is 1.08 bits per heavy atom. The van der Waals surface area contributed by atoms with Gasteiger partial charge in [0.2, 0.25) is 0 Å². The first-order valence-corrected chi connectivity index (χ1v) is 7.79. The molecule has 2 aromatic rings. The Labute approximate surface area is 144 Å². The zero-order valence-electron chi connectivity index (χ0n) is 13.6. The summed E-state index contributed by atoms with van der Waals surface area (Å²) in [6, 6.07) is 14.7. The molecule has 0 unspecified atom stereocenters. The molecular formula is C19H17NO5. The van der Waals surface area contributed by atoms with E-state index < -0.39 is 23.9 Å². The Hall–Kier alpha value is -3.15. The Morgan fingerprint density at radius 2 is 1.72 bits per heavy atom. The molecule has 2 aromatic carbocycles. The summed E-state index contributed by atoms with van der Waals surface area (Å²) >= 11 is 0. The highest BCUT2D eigenvalue weighted by molar-refractivity contribution is 6.01. The van der Waals surface area contributed by atoms with Crippen LogP contribution in [0, 0.1) is 0 Å². The zero-order valence-corrected chi connectivity index (χ0v) is 13.6. The molecule has 128 valence electrons. The lowest BCUT2D eigenvalue weighted by Crippen LogP contribution is -2.47. The monoisotopic (exact) mass is 339 g/mol. The molecule has 6 heteroatoms. The van der Waals surface area contributed by atoms with E-state index in [1.54, 1.807) is 48.5 Å². The van der Waals surface area contributed by atoms with E-state index in [1.807, 2.05) is 6.07 Å². The number of benzene rings is 2. The number of aliphatic carboxylic acids is 1. The Balaban J connectivity index is 2.19. The van der Waals surface area contributed by atoms with Gasteiger partial charge in [-0.1, -0.05) is 48.5 Å². The van der Waals surface area contributed by atoms with Gasteiger partial charge in [-0.15, -0.1) is 0 Å². The number of ether oxygens (including phenoxy) is 1. The number of hydrogen-bond donors (Lipinski definition) is 1. The highest BCUT2D eigenvalue weighted by Gasteiger charge is 2.44. The molecule has 25 heavy (non-hydrogen) atoms. The summed E-state index contributed by atoms with van der Waals surface area (Å²) < 4.78 is 4.69. The van der Waals surface area contributed by atoms with E-state index in [1.165, 1.54) is 12.0 Å². The van der Waals surface area contributed by atoms with Gasteiger partial charge in [-0.3, -0.25) is 14.4 Å². The number of hydrogen-bond acceptors (Lipinski definition) is 4. The number of methoxy groups -OCH3 is 1. The number of carboxylic acids is 1. The van der Waals surface area contributed by atoms with E-state index in [4.69, 9.17) is 0 Å². The van der Waals surface area contributed by atoms with Gasteiger partial charge in [-0.25, -0.2) is 0 Å². The zero-order chi connectivity index (χ0) is 18.0. The second-order valence-corrected chi connectivity index (χ2v) is 5.77. The van der Waals surface area contributed by atoms with Crippen LogP contribution < -0.4 is 0 Å². The average Bonchev–Trinajstić information content (AvgIpc) is 2.64. The van der Waals surface area contributed by atoms with Gasteiger partial charge in [0.1, 0.15) is 12.5 Å². The maximum Gasteiger partial charge on any atom is 0.325 e. The van der Waals surface area contributed by atoms with Crippen LogP contribution in [0.1, 0.15) is 33.4 Å². The van der Waals surface area contributed by atoms with Gasteiger partial charge in [0.25, 0.3) is 5.91 Å². The molecule has 0 aromatic heterocycles. The number of carbonyl (C=O) groups excluding carboxylic acids is 2. The smallest absolute Gasteiger partial charge is 0.325 e. The summed E-state index contributed by atoms with van der Waals surface area (Å²) in [7, 11) is 1.23. The normalized spacial score (nSPS) is 19.2. The van der Waals surface area contributed by atoms with Gasteiger partial charge in [0.05, 0.1) is 13.2 Å². The third-order valence-electron chi connectivity index (χ3n) is 4.37. The molecule has 0 bridgehead atoms. The van der Waals surface area contributed by atoms with Gasteiger partial charge in [-0.2, -0.15) is 0 Å². The second kappa shape index (κ2) is 6.76. The number of esters is 1. The second-order valence-electron chi connectivity index (χ2n) is 5.77. The van der Waals surface area contributed by atoms with Crippen molar-refractivity contribution < 1.29 is 24.2 Å². The van der Waals surface area contributed by atoms with Crippen molar-refractivity contribution in [1.82, 2.24) is 4.90 Å². The van der Waals surface area contributed by atoms with E-state index in [0.717, 1.165) is 0 Å². The minimum absolute atomic E-state index is 0.297. The minimum Gasteiger partial charge on any atom is -0.481 e. The summed E-state index contributed by atoms with van der Waals surface area (Å²) in [4.78, 5) is 38.1. The lowest BCUT2D eigenvalue weighted by atomic mass is 9.80. The van der Waals surface area contributed by atoms with Crippen molar-refractivity contribution in [3.63, 3.8) is 0 Å². The van der Waals surface area contributed by atoms with Gasteiger partial charge in [0, 0.05) is 5.56 Å². The first-order valence-electron chi connectivity index (χ1n) is 7.79. The van der Waals surface area contributed by atoms with Crippen molar-refractivity contribution in [3.8, 4) is 0 Å². The van der Waals surface area contributed by atoms with Gasteiger partial charge in [0.15, 0.2) is 0 Å². The molecular weight excluding hydrogens is 322 g/mol. The largest absolute Gasteiger partial charge is 0.481 e. The van der Waals surface area contributed by atoms with Crippen molar-refractivity contribution in [3.05, 3.63) is 71.3 Å². The molecule has 3 rings (SSSR count). The van der Waals surface area contributed by atoms with Crippen LogP contribution >= 0.6 is 0 Å². The lowest BCUT2D eigenvalue weighted by molar-refractivity contribution is -0.145. The van der Waals surface area contributed by atoms with Crippen LogP contribution in [0.4, 0.5) is 0 Å². The van der Waals surface area contributed by atoms with Crippen molar-refractivity contribution in [1.29, 1.82) is 0 Å². The molecule has 0 saturated heterocycles. The molecule has 0 saturated carbocycles. The van der Waals surface area contributed by atoms with E-state index in [-0.39, 0.29) is 12.5 Å². The fraction of sp³-hybridized carbons (Fsp3) is 0.211. The van der Waals surface area contributed by atoms with Crippen molar-refractivity contribution in [2.75, 3.05) is 13.7 Å². The first kappa shape index (κ1) is 16.7. The Morgan fingerprint density at radius 3 is 2.36 bits per heavy atom. The van der Waals surface area contributed by atoms with Crippen LogP contribution in [0.5, 0.6) is 0 Å². The number of rotatable bonds is 4. The standard InChI is InChI=1S/C19H17NO5/c1-25-15(21)11-20-17(12-7-3-2-4-8-12)16(19(23)24)13-9-5-6-10-14(13)18(20)22/h2-10,16-17H,11H2,1H3,(H,23,24)/t16-,17+/m1/s1. The van der Waals surface area contributed by atoms with Crippen LogP contribution in [-0.2, 0) is 14.3 Å². The quantitative estimate of drug-likeness (QED) is 0.864. The molecule has 6 nitrogen and oxygen atoms in total. The average molecular weight is 339 g/mol. The molecule has 1 aliphatic heterocycles. The molecule has 0 fully saturated rings. The van der Waals surface area contributed by atoms with Crippen LogP contribution in [-0.4, -0.2) is 41.5 Å². The Kier molecular flexibility index (Phi) is 4.52. The molecule has 1 aliphatic rings. The van der Waals surface area contributed by atoms with Crippen molar-refractivity contribution in [2.24, 2.45) is 0 Å². The first-order chi connectivity index (χ1) is 12.0. The van der Waals surface area contributed by atoms with Crippen LogP contribution in [0.3, 0.4) is 0 Å². The molecule has 0 aliphatic carbocycles. The highest BCUT2D eigenvalue weighted by Crippen LogP contribution is 2.42. The van der Waals surface area contributed by atoms with E-state index in [2.05, 4.69) is 4.74 Å². The molecule has 1 amide bonds. The maximum absolute atomic E-state index is 12.9. The third-order valence-corrected chi connectivity index (χ3v) is 4.37. The summed E-state index contributed by atoms with van der Waals surface area (Å²) in [5.41, 5.74) is 1.41. The maximum atomic E-state index is 12.9. The van der Waals surface area contributed by atoms with Gasteiger partial charge >= 0.3 is 11.9 Å². The van der Waals surface area contributed by atoms with Crippen LogP contribution in [0.15, 0.2) is 54.6 Å².